The molecule has 8 heteroatoms. The Morgan fingerprint density at radius 2 is 2.00 bits per heavy atom. The SMILES string of the molecule is O=C1CCN(c2cc(C(=O)O)c3cnncc3c2)C(=O)N1. The molecule has 0 radical (unpaired) electrons. The fourth-order valence-corrected chi connectivity index (χ4v) is 2.24. The summed E-state index contributed by atoms with van der Waals surface area (Å²) >= 11 is 0. The molecule has 1 fully saturated rings. The van der Waals surface area contributed by atoms with Crippen molar-refractivity contribution in [3.63, 3.8) is 0 Å². The van der Waals surface area contributed by atoms with Gasteiger partial charge in [-0.25, -0.2) is 9.59 Å². The molecule has 1 aromatic heterocycles. The second kappa shape index (κ2) is 4.82. The molecule has 1 saturated heterocycles. The normalized spacial score (nSPS) is 15.1. The van der Waals surface area contributed by atoms with Gasteiger partial charge in [-0.05, 0) is 12.1 Å². The van der Waals surface area contributed by atoms with Gasteiger partial charge in [-0.15, -0.1) is 0 Å². The number of aromatic carboxylic acids is 1. The molecule has 0 atom stereocenters. The number of rotatable bonds is 2. The Kier molecular flexibility index (Phi) is 2.98. The molecule has 2 N–H and O–H groups in total. The largest absolute Gasteiger partial charge is 0.478 e. The van der Waals surface area contributed by atoms with Crippen LogP contribution in [0.2, 0.25) is 0 Å². The van der Waals surface area contributed by atoms with Crippen LogP contribution in [-0.4, -0.2) is 39.8 Å². The highest BCUT2D eigenvalue weighted by molar-refractivity contribution is 6.09. The van der Waals surface area contributed by atoms with Crippen molar-refractivity contribution in [1.29, 1.82) is 0 Å². The van der Waals surface area contributed by atoms with Crippen molar-refractivity contribution in [1.82, 2.24) is 15.5 Å². The number of fused-ring (bicyclic) bond motifs is 1. The highest BCUT2D eigenvalue weighted by atomic mass is 16.4. The summed E-state index contributed by atoms with van der Waals surface area (Å²) in [6.45, 7) is 0.202. The number of carbonyl (C=O) groups is 3. The molecule has 0 saturated carbocycles. The summed E-state index contributed by atoms with van der Waals surface area (Å²) in [7, 11) is 0. The zero-order valence-corrected chi connectivity index (χ0v) is 10.7. The smallest absolute Gasteiger partial charge is 0.336 e. The lowest BCUT2D eigenvalue weighted by Gasteiger charge is -2.27. The van der Waals surface area contributed by atoms with Gasteiger partial charge in [0.2, 0.25) is 5.91 Å². The van der Waals surface area contributed by atoms with E-state index in [1.807, 2.05) is 0 Å². The summed E-state index contributed by atoms with van der Waals surface area (Å²) in [6, 6.07) is 2.47. The number of urea groups is 1. The first-order valence-corrected chi connectivity index (χ1v) is 6.15. The van der Waals surface area contributed by atoms with Crippen molar-refractivity contribution in [3.8, 4) is 0 Å². The molecular formula is C13H10N4O4. The molecule has 3 rings (SSSR count). The van der Waals surface area contributed by atoms with Crippen LogP contribution in [0, 0.1) is 0 Å². The number of carboxylic acid groups (broad SMARTS) is 1. The number of amides is 3. The number of hydrogen-bond donors (Lipinski definition) is 2. The van der Waals surface area contributed by atoms with E-state index in [-0.39, 0.29) is 24.4 Å². The van der Waals surface area contributed by atoms with E-state index in [4.69, 9.17) is 0 Å². The Morgan fingerprint density at radius 3 is 2.71 bits per heavy atom. The average molecular weight is 286 g/mol. The summed E-state index contributed by atoms with van der Waals surface area (Å²) in [4.78, 5) is 35.7. The minimum absolute atomic E-state index is 0.0297. The van der Waals surface area contributed by atoms with Crippen LogP contribution >= 0.6 is 0 Å². The topological polar surface area (TPSA) is 112 Å². The summed E-state index contributed by atoms with van der Waals surface area (Å²) in [5.41, 5.74) is 0.431. The van der Waals surface area contributed by atoms with Crippen LogP contribution < -0.4 is 10.2 Å². The van der Waals surface area contributed by atoms with Crippen LogP contribution in [0.15, 0.2) is 24.5 Å². The van der Waals surface area contributed by atoms with Crippen molar-refractivity contribution < 1.29 is 19.5 Å². The van der Waals surface area contributed by atoms with E-state index in [1.165, 1.54) is 23.4 Å². The minimum atomic E-state index is -1.12. The zero-order chi connectivity index (χ0) is 15.0. The van der Waals surface area contributed by atoms with E-state index >= 15 is 0 Å². The maximum absolute atomic E-state index is 11.8. The van der Waals surface area contributed by atoms with Crippen molar-refractivity contribution in [2.45, 2.75) is 6.42 Å². The van der Waals surface area contributed by atoms with Crippen molar-refractivity contribution in [3.05, 3.63) is 30.1 Å². The lowest BCUT2D eigenvalue weighted by atomic mass is 10.1. The first kappa shape index (κ1) is 13.0. The summed E-state index contributed by atoms with van der Waals surface area (Å²) in [5.74, 6) is -1.47. The molecule has 3 amide bonds. The van der Waals surface area contributed by atoms with Crippen LogP contribution in [0.5, 0.6) is 0 Å². The number of benzene rings is 1. The Hall–Kier alpha value is -3.03. The van der Waals surface area contributed by atoms with Gasteiger partial charge < -0.3 is 5.11 Å². The quantitative estimate of drug-likeness (QED) is 0.843. The number of nitrogens with one attached hydrogen (secondary N) is 1. The fraction of sp³-hybridized carbons (Fsp3) is 0.154. The number of imide groups is 1. The van der Waals surface area contributed by atoms with E-state index in [0.29, 0.717) is 16.5 Å². The number of nitrogens with zero attached hydrogens (tertiary/aromatic N) is 3. The van der Waals surface area contributed by atoms with Crippen molar-refractivity contribution in [2.75, 3.05) is 11.4 Å². The highest BCUT2D eigenvalue weighted by Crippen LogP contribution is 2.26. The van der Waals surface area contributed by atoms with E-state index in [2.05, 4.69) is 15.5 Å². The summed E-state index contributed by atoms with van der Waals surface area (Å²) < 4.78 is 0. The molecule has 1 aliphatic heterocycles. The molecule has 2 heterocycles. The first-order chi connectivity index (χ1) is 10.1. The van der Waals surface area contributed by atoms with Gasteiger partial charge in [-0.1, -0.05) is 0 Å². The third-order valence-corrected chi connectivity index (χ3v) is 3.24. The molecular weight excluding hydrogens is 276 g/mol. The molecule has 106 valence electrons. The molecule has 0 unspecified atom stereocenters. The van der Waals surface area contributed by atoms with Gasteiger partial charge in [-0.2, -0.15) is 10.2 Å². The Bertz CT molecular complexity index is 774. The van der Waals surface area contributed by atoms with Crippen LogP contribution in [0.3, 0.4) is 0 Å². The van der Waals surface area contributed by atoms with Crippen LogP contribution in [0.4, 0.5) is 10.5 Å². The molecule has 0 spiro atoms. The van der Waals surface area contributed by atoms with Crippen LogP contribution in [0.1, 0.15) is 16.8 Å². The standard InChI is InChI=1S/C13H10N4O4/c18-11-1-2-17(13(21)16-11)8-3-7-5-14-15-6-10(7)9(4-8)12(19)20/h3-6H,1-2H2,(H,19,20)(H,16,18,21). The number of carbonyl (C=O) groups excluding carboxylic acids is 2. The first-order valence-electron chi connectivity index (χ1n) is 6.15. The number of hydrogen-bond acceptors (Lipinski definition) is 5. The van der Waals surface area contributed by atoms with Crippen LogP contribution in [0.25, 0.3) is 10.8 Å². The summed E-state index contributed by atoms with van der Waals surface area (Å²) in [6.07, 6.45) is 2.96. The molecule has 1 aromatic carbocycles. The van der Waals surface area contributed by atoms with Crippen molar-refractivity contribution >= 4 is 34.4 Å². The number of aromatic nitrogens is 2. The molecule has 8 nitrogen and oxygen atoms in total. The number of carboxylic acids is 1. The van der Waals surface area contributed by atoms with Gasteiger partial charge in [0.25, 0.3) is 0 Å². The third-order valence-electron chi connectivity index (χ3n) is 3.24. The lowest BCUT2D eigenvalue weighted by Crippen LogP contribution is -2.49. The molecule has 2 aromatic rings. The van der Waals surface area contributed by atoms with Gasteiger partial charge >= 0.3 is 12.0 Å². The molecule has 0 bridgehead atoms. The Labute approximate surface area is 118 Å². The predicted octanol–water partition coefficient (Wildman–Crippen LogP) is 0.774. The van der Waals surface area contributed by atoms with Crippen molar-refractivity contribution in [2.24, 2.45) is 0 Å². The van der Waals surface area contributed by atoms with Gasteiger partial charge in [0, 0.05) is 29.4 Å². The maximum atomic E-state index is 11.8. The van der Waals surface area contributed by atoms with Gasteiger partial charge in [-0.3, -0.25) is 15.0 Å². The zero-order valence-electron chi connectivity index (χ0n) is 10.7. The number of anilines is 1. The van der Waals surface area contributed by atoms with Gasteiger partial charge in [0.15, 0.2) is 0 Å². The molecule has 21 heavy (non-hydrogen) atoms. The second-order valence-electron chi connectivity index (χ2n) is 4.55. The van der Waals surface area contributed by atoms with Gasteiger partial charge in [0.05, 0.1) is 18.0 Å². The average Bonchev–Trinajstić information content (AvgIpc) is 2.46. The Balaban J connectivity index is 2.13. The monoisotopic (exact) mass is 286 g/mol. The van der Waals surface area contributed by atoms with E-state index in [1.54, 1.807) is 6.07 Å². The van der Waals surface area contributed by atoms with E-state index in [9.17, 15) is 19.5 Å². The molecule has 1 aliphatic rings. The fourth-order valence-electron chi connectivity index (χ4n) is 2.24. The lowest BCUT2D eigenvalue weighted by molar-refractivity contribution is -0.120. The Morgan fingerprint density at radius 1 is 1.24 bits per heavy atom. The predicted molar refractivity (Wildman–Crippen MR) is 72.0 cm³/mol. The third kappa shape index (κ3) is 2.27. The van der Waals surface area contributed by atoms with Crippen LogP contribution in [-0.2, 0) is 4.79 Å². The maximum Gasteiger partial charge on any atom is 0.336 e. The van der Waals surface area contributed by atoms with E-state index < -0.39 is 12.0 Å². The summed E-state index contributed by atoms with van der Waals surface area (Å²) in [5, 5.41) is 19.9. The second-order valence-corrected chi connectivity index (χ2v) is 4.55. The molecule has 0 aliphatic carbocycles. The minimum Gasteiger partial charge on any atom is -0.478 e. The highest BCUT2D eigenvalue weighted by Gasteiger charge is 2.25. The van der Waals surface area contributed by atoms with Gasteiger partial charge in [0.1, 0.15) is 0 Å². The van der Waals surface area contributed by atoms with E-state index in [0.717, 1.165) is 0 Å².